The average molecular weight is 261 g/mol. The van der Waals surface area contributed by atoms with Gasteiger partial charge in [-0.3, -0.25) is 0 Å². The molecule has 0 aliphatic heterocycles. The molecule has 0 unspecified atom stereocenters. The predicted molar refractivity (Wildman–Crippen MR) is 67.2 cm³/mol. The highest BCUT2D eigenvalue weighted by molar-refractivity contribution is 7.89. The minimum absolute atomic E-state index is 0.161. The molecule has 2 saturated carbocycles. The molecule has 0 heterocycles. The summed E-state index contributed by atoms with van der Waals surface area (Å²) in [6.45, 7) is 0.579. The number of hydrogen-bond acceptors (Lipinski definition) is 3. The summed E-state index contributed by atoms with van der Waals surface area (Å²) in [5.41, 5.74) is 0. The monoisotopic (exact) mass is 261 g/mol. The van der Waals surface area contributed by atoms with Crippen molar-refractivity contribution in [3.8, 4) is 0 Å². The molecule has 2 aliphatic carbocycles. The Bertz CT molecular complexity index is 343. The summed E-state index contributed by atoms with van der Waals surface area (Å²) in [7, 11) is -1.41. The van der Waals surface area contributed by atoms with Gasteiger partial charge in [0.2, 0.25) is 10.0 Å². The summed E-state index contributed by atoms with van der Waals surface area (Å²) < 4.78 is 26.1. The van der Waals surface area contributed by atoms with E-state index in [1.165, 1.54) is 10.7 Å². The van der Waals surface area contributed by atoms with Gasteiger partial charge in [0.15, 0.2) is 0 Å². The lowest BCUT2D eigenvalue weighted by atomic mass is 9.82. The Balaban J connectivity index is 1.89. The summed E-state index contributed by atoms with van der Waals surface area (Å²) in [6, 6.07) is 0. The van der Waals surface area contributed by atoms with Gasteiger partial charge in [-0.1, -0.05) is 19.3 Å². The molecule has 0 radical (unpaired) electrons. The number of rotatable bonds is 4. The first-order chi connectivity index (χ1) is 8.00. The van der Waals surface area contributed by atoms with Crippen LogP contribution in [0.1, 0.15) is 44.9 Å². The molecule has 4 nitrogen and oxygen atoms in total. The van der Waals surface area contributed by atoms with Crippen molar-refractivity contribution < 1.29 is 13.5 Å². The van der Waals surface area contributed by atoms with Crippen LogP contribution in [0.3, 0.4) is 0 Å². The number of sulfonamides is 1. The van der Waals surface area contributed by atoms with Crippen LogP contribution in [-0.4, -0.2) is 42.8 Å². The molecule has 2 aliphatic rings. The largest absolute Gasteiger partial charge is 0.393 e. The Morgan fingerprint density at radius 3 is 2.29 bits per heavy atom. The Kier molecular flexibility index (Phi) is 4.10. The lowest BCUT2D eigenvalue weighted by molar-refractivity contribution is 0.0366. The minimum Gasteiger partial charge on any atom is -0.393 e. The second-order valence-corrected chi connectivity index (χ2v) is 7.90. The maximum absolute atomic E-state index is 12.3. The normalized spacial score (nSPS) is 31.5. The van der Waals surface area contributed by atoms with Crippen LogP contribution in [0.2, 0.25) is 0 Å². The quantitative estimate of drug-likeness (QED) is 0.831. The first-order valence-corrected chi connectivity index (χ1v) is 8.13. The van der Waals surface area contributed by atoms with Gasteiger partial charge in [-0.05, 0) is 31.6 Å². The zero-order chi connectivity index (χ0) is 12.5. The molecule has 0 spiro atoms. The van der Waals surface area contributed by atoms with Gasteiger partial charge in [-0.25, -0.2) is 12.7 Å². The van der Waals surface area contributed by atoms with Crippen LogP contribution in [0, 0.1) is 5.92 Å². The van der Waals surface area contributed by atoms with Crippen molar-refractivity contribution >= 4 is 10.0 Å². The lowest BCUT2D eigenvalue weighted by Gasteiger charge is -2.35. The third-order valence-corrected chi connectivity index (χ3v) is 6.47. The van der Waals surface area contributed by atoms with Crippen LogP contribution in [0.15, 0.2) is 0 Å². The molecule has 0 aromatic rings. The van der Waals surface area contributed by atoms with E-state index in [0.717, 1.165) is 38.5 Å². The maximum atomic E-state index is 12.3. The predicted octanol–water partition coefficient (Wildman–Crippen LogP) is 1.35. The number of aliphatic hydroxyl groups excluding tert-OH is 1. The van der Waals surface area contributed by atoms with Crippen molar-refractivity contribution in [3.05, 3.63) is 0 Å². The molecule has 0 saturated heterocycles. The molecule has 17 heavy (non-hydrogen) atoms. The highest BCUT2D eigenvalue weighted by atomic mass is 32.2. The standard InChI is InChI=1S/C12H23NO3S/c1-13(9-10-7-11(14)8-10)17(15,16)12-5-3-2-4-6-12/h10-12,14H,2-9H2,1H3. The molecular weight excluding hydrogens is 238 g/mol. The van der Waals surface area contributed by atoms with Crippen LogP contribution in [0.4, 0.5) is 0 Å². The Morgan fingerprint density at radius 1 is 1.18 bits per heavy atom. The third-order valence-electron chi connectivity index (χ3n) is 4.13. The summed E-state index contributed by atoms with van der Waals surface area (Å²) in [6.07, 6.45) is 6.20. The Morgan fingerprint density at radius 2 is 1.76 bits per heavy atom. The van der Waals surface area contributed by atoms with Crippen LogP contribution < -0.4 is 0 Å². The fraction of sp³-hybridized carbons (Fsp3) is 1.00. The van der Waals surface area contributed by atoms with E-state index in [4.69, 9.17) is 0 Å². The van der Waals surface area contributed by atoms with E-state index in [1.54, 1.807) is 7.05 Å². The molecule has 0 bridgehead atoms. The van der Waals surface area contributed by atoms with Gasteiger partial charge in [0.25, 0.3) is 0 Å². The van der Waals surface area contributed by atoms with E-state index in [-0.39, 0.29) is 11.4 Å². The maximum Gasteiger partial charge on any atom is 0.216 e. The van der Waals surface area contributed by atoms with Gasteiger partial charge in [-0.2, -0.15) is 0 Å². The van der Waals surface area contributed by atoms with Gasteiger partial charge in [-0.15, -0.1) is 0 Å². The van der Waals surface area contributed by atoms with Gasteiger partial charge >= 0.3 is 0 Å². The molecule has 2 fully saturated rings. The van der Waals surface area contributed by atoms with Crippen molar-refractivity contribution in [2.24, 2.45) is 5.92 Å². The number of aliphatic hydroxyl groups is 1. The third kappa shape index (κ3) is 3.01. The van der Waals surface area contributed by atoms with E-state index in [9.17, 15) is 13.5 Å². The molecule has 100 valence electrons. The lowest BCUT2D eigenvalue weighted by Crippen LogP contribution is -2.43. The average Bonchev–Trinajstić information content (AvgIpc) is 2.28. The molecular formula is C12H23NO3S. The zero-order valence-electron chi connectivity index (χ0n) is 10.5. The molecule has 0 aromatic heterocycles. The topological polar surface area (TPSA) is 57.6 Å². The van der Waals surface area contributed by atoms with Crippen molar-refractivity contribution in [1.82, 2.24) is 4.31 Å². The molecule has 0 atom stereocenters. The first kappa shape index (κ1) is 13.3. The van der Waals surface area contributed by atoms with Crippen molar-refractivity contribution in [3.63, 3.8) is 0 Å². The van der Waals surface area contributed by atoms with Gasteiger partial charge in [0.1, 0.15) is 0 Å². The van der Waals surface area contributed by atoms with Crippen molar-refractivity contribution in [1.29, 1.82) is 0 Å². The number of nitrogens with zero attached hydrogens (tertiary/aromatic N) is 1. The number of hydrogen-bond donors (Lipinski definition) is 1. The molecule has 1 N–H and O–H groups in total. The van der Waals surface area contributed by atoms with E-state index in [0.29, 0.717) is 12.5 Å². The minimum atomic E-state index is -3.10. The van der Waals surface area contributed by atoms with Crippen LogP contribution in [0.5, 0.6) is 0 Å². The Hall–Kier alpha value is -0.130. The molecule has 5 heteroatoms. The highest BCUT2D eigenvalue weighted by Crippen LogP contribution is 2.30. The van der Waals surface area contributed by atoms with Crippen LogP contribution in [0.25, 0.3) is 0 Å². The second kappa shape index (κ2) is 5.24. The fourth-order valence-electron chi connectivity index (χ4n) is 2.93. The molecule has 2 rings (SSSR count). The highest BCUT2D eigenvalue weighted by Gasteiger charge is 2.35. The van der Waals surface area contributed by atoms with Crippen LogP contribution in [-0.2, 0) is 10.0 Å². The van der Waals surface area contributed by atoms with Gasteiger partial charge in [0, 0.05) is 13.6 Å². The summed E-state index contributed by atoms with van der Waals surface area (Å²) in [5, 5.41) is 9.05. The SMILES string of the molecule is CN(CC1CC(O)C1)S(=O)(=O)C1CCCCC1. The van der Waals surface area contributed by atoms with E-state index in [2.05, 4.69) is 0 Å². The summed E-state index contributed by atoms with van der Waals surface area (Å²) >= 11 is 0. The summed E-state index contributed by atoms with van der Waals surface area (Å²) in [5.74, 6) is 0.355. The first-order valence-electron chi connectivity index (χ1n) is 6.63. The smallest absolute Gasteiger partial charge is 0.216 e. The zero-order valence-corrected chi connectivity index (χ0v) is 11.3. The van der Waals surface area contributed by atoms with E-state index in [1.807, 2.05) is 0 Å². The summed E-state index contributed by atoms with van der Waals surface area (Å²) in [4.78, 5) is 0. The molecule has 0 aromatic carbocycles. The fourth-order valence-corrected chi connectivity index (χ4v) is 4.79. The van der Waals surface area contributed by atoms with Crippen LogP contribution >= 0.6 is 0 Å². The second-order valence-electron chi connectivity index (χ2n) is 5.58. The van der Waals surface area contributed by atoms with Crippen molar-refractivity contribution in [2.45, 2.75) is 56.3 Å². The van der Waals surface area contributed by atoms with Gasteiger partial charge < -0.3 is 5.11 Å². The van der Waals surface area contributed by atoms with Crippen molar-refractivity contribution in [2.75, 3.05) is 13.6 Å². The van der Waals surface area contributed by atoms with E-state index < -0.39 is 10.0 Å². The van der Waals surface area contributed by atoms with E-state index >= 15 is 0 Å². The van der Waals surface area contributed by atoms with Gasteiger partial charge in [0.05, 0.1) is 11.4 Å². The Labute approximate surface area is 104 Å². The molecule has 0 amide bonds.